The van der Waals surface area contributed by atoms with Crippen molar-refractivity contribution in [1.82, 2.24) is 10.3 Å². The predicted molar refractivity (Wildman–Crippen MR) is 65.5 cm³/mol. The van der Waals surface area contributed by atoms with E-state index in [9.17, 15) is 0 Å². The SMILES string of the molecule is Cc1nc(CNCc2ccc(O)cc2)cs1. The highest BCUT2D eigenvalue weighted by Crippen LogP contribution is 2.10. The predicted octanol–water partition coefficient (Wildman–Crippen LogP) is 2.45. The van der Waals surface area contributed by atoms with Gasteiger partial charge in [-0.1, -0.05) is 12.1 Å². The van der Waals surface area contributed by atoms with Gasteiger partial charge in [0.25, 0.3) is 0 Å². The number of benzene rings is 1. The largest absolute Gasteiger partial charge is 0.508 e. The third kappa shape index (κ3) is 3.05. The first-order chi connectivity index (χ1) is 7.74. The molecule has 2 rings (SSSR count). The molecule has 0 bridgehead atoms. The van der Waals surface area contributed by atoms with Crippen molar-refractivity contribution < 1.29 is 5.11 Å². The lowest BCUT2D eigenvalue weighted by molar-refractivity contribution is 0.475. The lowest BCUT2D eigenvalue weighted by Crippen LogP contribution is -2.12. The Morgan fingerprint density at radius 1 is 1.25 bits per heavy atom. The summed E-state index contributed by atoms with van der Waals surface area (Å²) in [5.41, 5.74) is 2.24. The van der Waals surface area contributed by atoms with Gasteiger partial charge in [-0.15, -0.1) is 11.3 Å². The fourth-order valence-electron chi connectivity index (χ4n) is 1.44. The van der Waals surface area contributed by atoms with E-state index >= 15 is 0 Å². The first-order valence-electron chi connectivity index (χ1n) is 5.13. The standard InChI is InChI=1S/C12H14N2OS/c1-9-14-11(8-16-9)7-13-6-10-2-4-12(15)5-3-10/h2-5,8,13,15H,6-7H2,1H3. The molecule has 0 amide bonds. The molecule has 0 aliphatic heterocycles. The number of nitrogens with one attached hydrogen (secondary N) is 1. The Bertz CT molecular complexity index is 450. The summed E-state index contributed by atoms with van der Waals surface area (Å²) in [6, 6.07) is 7.22. The van der Waals surface area contributed by atoms with E-state index in [0.29, 0.717) is 5.75 Å². The maximum absolute atomic E-state index is 9.13. The molecular formula is C12H14N2OS. The summed E-state index contributed by atoms with van der Waals surface area (Å²) in [4.78, 5) is 4.37. The number of aryl methyl sites for hydroxylation is 1. The molecule has 16 heavy (non-hydrogen) atoms. The Morgan fingerprint density at radius 2 is 2.00 bits per heavy atom. The van der Waals surface area contributed by atoms with Crippen LogP contribution < -0.4 is 5.32 Å². The highest BCUT2D eigenvalue weighted by atomic mass is 32.1. The maximum atomic E-state index is 9.13. The van der Waals surface area contributed by atoms with Crippen LogP contribution in [0.15, 0.2) is 29.6 Å². The number of hydrogen-bond acceptors (Lipinski definition) is 4. The van der Waals surface area contributed by atoms with Crippen LogP contribution in [0.3, 0.4) is 0 Å². The van der Waals surface area contributed by atoms with Crippen LogP contribution in [0.1, 0.15) is 16.3 Å². The van der Waals surface area contributed by atoms with Crippen molar-refractivity contribution in [2.45, 2.75) is 20.0 Å². The molecule has 0 saturated heterocycles. The van der Waals surface area contributed by atoms with Crippen LogP contribution in [-0.4, -0.2) is 10.1 Å². The molecule has 0 atom stereocenters. The Hall–Kier alpha value is -1.39. The average molecular weight is 234 g/mol. The molecule has 1 heterocycles. The molecule has 0 radical (unpaired) electrons. The normalized spacial score (nSPS) is 10.6. The lowest BCUT2D eigenvalue weighted by atomic mass is 10.2. The Kier molecular flexibility index (Phi) is 3.54. The van der Waals surface area contributed by atoms with Crippen molar-refractivity contribution in [3.05, 3.63) is 45.9 Å². The van der Waals surface area contributed by atoms with Crippen molar-refractivity contribution in [3.8, 4) is 5.75 Å². The minimum atomic E-state index is 0.305. The third-order valence-corrected chi connectivity index (χ3v) is 3.06. The van der Waals surface area contributed by atoms with E-state index < -0.39 is 0 Å². The van der Waals surface area contributed by atoms with Crippen molar-refractivity contribution >= 4 is 11.3 Å². The monoisotopic (exact) mass is 234 g/mol. The van der Waals surface area contributed by atoms with Crippen LogP contribution in [0.2, 0.25) is 0 Å². The second-order valence-electron chi connectivity index (χ2n) is 3.63. The van der Waals surface area contributed by atoms with Gasteiger partial charge < -0.3 is 10.4 Å². The Balaban J connectivity index is 1.82. The van der Waals surface area contributed by atoms with Gasteiger partial charge in [0.15, 0.2) is 0 Å². The second-order valence-corrected chi connectivity index (χ2v) is 4.69. The van der Waals surface area contributed by atoms with Crippen molar-refractivity contribution in [3.63, 3.8) is 0 Å². The fourth-order valence-corrected chi connectivity index (χ4v) is 2.05. The van der Waals surface area contributed by atoms with Gasteiger partial charge in [0.2, 0.25) is 0 Å². The summed E-state index contributed by atoms with van der Waals surface area (Å²) in [7, 11) is 0. The molecule has 0 aliphatic rings. The first kappa shape index (κ1) is 11.1. The quantitative estimate of drug-likeness (QED) is 0.854. The van der Waals surface area contributed by atoms with Gasteiger partial charge in [0.1, 0.15) is 5.75 Å². The third-order valence-electron chi connectivity index (χ3n) is 2.24. The molecule has 0 unspecified atom stereocenters. The Labute approximate surface area is 98.8 Å². The van der Waals surface area contributed by atoms with E-state index in [2.05, 4.69) is 15.7 Å². The van der Waals surface area contributed by atoms with Gasteiger partial charge in [0.05, 0.1) is 10.7 Å². The number of nitrogens with zero attached hydrogens (tertiary/aromatic N) is 1. The minimum absolute atomic E-state index is 0.305. The number of hydrogen-bond donors (Lipinski definition) is 2. The maximum Gasteiger partial charge on any atom is 0.115 e. The lowest BCUT2D eigenvalue weighted by Gasteiger charge is -2.03. The first-order valence-corrected chi connectivity index (χ1v) is 6.01. The number of aromatic nitrogens is 1. The number of aromatic hydroxyl groups is 1. The van der Waals surface area contributed by atoms with Crippen LogP contribution >= 0.6 is 11.3 Å². The number of thiazole rings is 1. The van der Waals surface area contributed by atoms with Crippen LogP contribution in [-0.2, 0) is 13.1 Å². The van der Waals surface area contributed by atoms with E-state index in [4.69, 9.17) is 5.11 Å². The van der Waals surface area contributed by atoms with Gasteiger partial charge in [0, 0.05) is 18.5 Å². The van der Waals surface area contributed by atoms with Crippen molar-refractivity contribution in [1.29, 1.82) is 0 Å². The summed E-state index contributed by atoms with van der Waals surface area (Å²) in [5.74, 6) is 0.305. The number of phenolic OH excluding ortho intramolecular Hbond substituents is 1. The number of rotatable bonds is 4. The molecule has 1 aromatic carbocycles. The van der Waals surface area contributed by atoms with E-state index in [-0.39, 0.29) is 0 Å². The molecule has 84 valence electrons. The summed E-state index contributed by atoms with van der Waals surface area (Å²) < 4.78 is 0. The Morgan fingerprint density at radius 3 is 2.62 bits per heavy atom. The molecule has 1 aromatic heterocycles. The van der Waals surface area contributed by atoms with Gasteiger partial charge in [-0.2, -0.15) is 0 Å². The molecule has 4 heteroatoms. The second kappa shape index (κ2) is 5.09. The topological polar surface area (TPSA) is 45.2 Å². The molecule has 0 aliphatic carbocycles. The zero-order valence-electron chi connectivity index (χ0n) is 9.10. The highest BCUT2D eigenvalue weighted by molar-refractivity contribution is 7.09. The van der Waals surface area contributed by atoms with Crippen molar-refractivity contribution in [2.75, 3.05) is 0 Å². The molecule has 0 saturated carbocycles. The smallest absolute Gasteiger partial charge is 0.115 e. The molecule has 2 aromatic rings. The summed E-state index contributed by atoms with van der Waals surface area (Å²) in [6.45, 7) is 3.58. The molecule has 3 nitrogen and oxygen atoms in total. The van der Waals surface area contributed by atoms with Crippen molar-refractivity contribution in [2.24, 2.45) is 0 Å². The summed E-state index contributed by atoms with van der Waals surface area (Å²) in [5, 5.41) is 15.6. The zero-order valence-corrected chi connectivity index (χ0v) is 9.92. The zero-order chi connectivity index (χ0) is 11.4. The van der Waals surface area contributed by atoms with Crippen LogP contribution in [0.4, 0.5) is 0 Å². The van der Waals surface area contributed by atoms with Gasteiger partial charge in [-0.25, -0.2) is 4.98 Å². The van der Waals surface area contributed by atoms with Crippen LogP contribution in [0.25, 0.3) is 0 Å². The van der Waals surface area contributed by atoms with Gasteiger partial charge in [-0.05, 0) is 24.6 Å². The van der Waals surface area contributed by atoms with Crippen LogP contribution in [0, 0.1) is 6.92 Å². The molecule has 2 N–H and O–H groups in total. The summed E-state index contributed by atoms with van der Waals surface area (Å²) >= 11 is 1.67. The highest BCUT2D eigenvalue weighted by Gasteiger charge is 1.98. The molecular weight excluding hydrogens is 220 g/mol. The summed E-state index contributed by atoms with van der Waals surface area (Å²) in [6.07, 6.45) is 0. The van der Waals surface area contributed by atoms with E-state index in [1.165, 1.54) is 0 Å². The molecule has 0 fully saturated rings. The molecule has 0 spiro atoms. The van der Waals surface area contributed by atoms with Crippen LogP contribution in [0.5, 0.6) is 5.75 Å². The van der Waals surface area contributed by atoms with Gasteiger partial charge in [-0.3, -0.25) is 0 Å². The minimum Gasteiger partial charge on any atom is -0.508 e. The average Bonchev–Trinajstić information content (AvgIpc) is 2.67. The van der Waals surface area contributed by atoms with E-state index in [1.807, 2.05) is 19.1 Å². The van der Waals surface area contributed by atoms with E-state index in [1.54, 1.807) is 23.5 Å². The van der Waals surface area contributed by atoms with E-state index in [0.717, 1.165) is 29.4 Å². The number of phenols is 1. The van der Waals surface area contributed by atoms with Gasteiger partial charge >= 0.3 is 0 Å². The fraction of sp³-hybridized carbons (Fsp3) is 0.250.